The first kappa shape index (κ1) is 15.9. The number of nitrogens with one attached hydrogen (secondary N) is 1. The highest BCUT2D eigenvalue weighted by atomic mass is 19.1. The molecule has 0 aliphatic rings. The van der Waals surface area contributed by atoms with Crippen molar-refractivity contribution in [3.05, 3.63) is 65.7 Å². The molecule has 0 aliphatic heterocycles. The van der Waals surface area contributed by atoms with Crippen LogP contribution in [0.1, 0.15) is 18.1 Å². The molecule has 0 saturated heterocycles. The highest BCUT2D eigenvalue weighted by Gasteiger charge is 2.10. The molecule has 1 aromatic carbocycles. The maximum absolute atomic E-state index is 12.8. The lowest BCUT2D eigenvalue weighted by Gasteiger charge is -2.21. The Labute approximate surface area is 130 Å². The summed E-state index contributed by atoms with van der Waals surface area (Å²) in [5, 5.41) is 2.86. The number of pyridine rings is 1. The molecule has 0 aliphatic carbocycles. The van der Waals surface area contributed by atoms with E-state index in [1.807, 2.05) is 19.1 Å². The highest BCUT2D eigenvalue weighted by molar-refractivity contribution is 5.74. The van der Waals surface area contributed by atoms with Crippen molar-refractivity contribution in [1.82, 2.24) is 15.2 Å². The van der Waals surface area contributed by atoms with Crippen LogP contribution in [-0.2, 0) is 13.0 Å². The third-order valence-corrected chi connectivity index (χ3v) is 3.45. The van der Waals surface area contributed by atoms with Crippen LogP contribution in [0.15, 0.2) is 48.8 Å². The zero-order valence-corrected chi connectivity index (χ0v) is 12.6. The lowest BCUT2D eigenvalue weighted by molar-refractivity contribution is 0.200. The number of aromatic nitrogens is 1. The van der Waals surface area contributed by atoms with E-state index < -0.39 is 0 Å². The van der Waals surface area contributed by atoms with Crippen molar-refractivity contribution in [2.75, 3.05) is 13.1 Å². The summed E-state index contributed by atoms with van der Waals surface area (Å²) in [6.07, 6.45) is 4.29. The summed E-state index contributed by atoms with van der Waals surface area (Å²) in [5.74, 6) is -0.275. The minimum atomic E-state index is -0.275. The molecule has 1 heterocycles. The number of urea groups is 1. The Morgan fingerprint density at radius 2 is 1.82 bits per heavy atom. The molecule has 22 heavy (non-hydrogen) atoms. The van der Waals surface area contributed by atoms with Crippen molar-refractivity contribution in [2.24, 2.45) is 0 Å². The topological polar surface area (TPSA) is 45.2 Å². The van der Waals surface area contributed by atoms with Gasteiger partial charge >= 0.3 is 6.03 Å². The van der Waals surface area contributed by atoms with E-state index in [0.29, 0.717) is 19.6 Å². The van der Waals surface area contributed by atoms with Crippen molar-refractivity contribution < 1.29 is 9.18 Å². The summed E-state index contributed by atoms with van der Waals surface area (Å²) in [6.45, 7) is 3.63. The Morgan fingerprint density at radius 1 is 1.14 bits per heavy atom. The van der Waals surface area contributed by atoms with Crippen LogP contribution in [0.3, 0.4) is 0 Å². The molecule has 0 bridgehead atoms. The molecule has 2 aromatic rings. The van der Waals surface area contributed by atoms with Gasteiger partial charge in [-0.1, -0.05) is 12.1 Å². The second-order valence-corrected chi connectivity index (χ2v) is 4.97. The monoisotopic (exact) mass is 301 g/mol. The van der Waals surface area contributed by atoms with Crippen LogP contribution >= 0.6 is 0 Å². The van der Waals surface area contributed by atoms with Crippen molar-refractivity contribution in [2.45, 2.75) is 19.9 Å². The standard InChI is InChI=1S/C17H20FN3O/c1-2-21(12-9-14-7-10-19-11-8-14)17(22)20-13-15-3-5-16(18)6-4-15/h3-8,10-11H,2,9,12-13H2,1H3,(H,20,22). The van der Waals surface area contributed by atoms with E-state index in [-0.39, 0.29) is 11.8 Å². The number of amides is 2. The number of hydrogen-bond acceptors (Lipinski definition) is 2. The predicted molar refractivity (Wildman–Crippen MR) is 83.8 cm³/mol. The van der Waals surface area contributed by atoms with Gasteiger partial charge in [0.2, 0.25) is 0 Å². The minimum Gasteiger partial charge on any atom is -0.334 e. The number of halogens is 1. The number of carbonyl (C=O) groups is 1. The van der Waals surface area contributed by atoms with Gasteiger partial charge in [0.15, 0.2) is 0 Å². The third kappa shape index (κ3) is 4.84. The Hall–Kier alpha value is -2.43. The molecule has 2 rings (SSSR count). The van der Waals surface area contributed by atoms with Crippen LogP contribution < -0.4 is 5.32 Å². The van der Waals surface area contributed by atoms with Gasteiger partial charge in [0.1, 0.15) is 5.82 Å². The van der Waals surface area contributed by atoms with E-state index in [0.717, 1.165) is 17.5 Å². The number of benzene rings is 1. The van der Waals surface area contributed by atoms with Crippen LogP contribution in [0.5, 0.6) is 0 Å². The summed E-state index contributed by atoms with van der Waals surface area (Å²) < 4.78 is 12.8. The van der Waals surface area contributed by atoms with E-state index in [1.54, 1.807) is 29.4 Å². The largest absolute Gasteiger partial charge is 0.334 e. The molecule has 4 nitrogen and oxygen atoms in total. The molecule has 0 radical (unpaired) electrons. The number of hydrogen-bond donors (Lipinski definition) is 1. The summed E-state index contributed by atoms with van der Waals surface area (Å²) in [6, 6.07) is 9.91. The Balaban J connectivity index is 1.82. The van der Waals surface area contributed by atoms with Gasteiger partial charge in [0, 0.05) is 32.0 Å². The van der Waals surface area contributed by atoms with E-state index in [1.165, 1.54) is 12.1 Å². The van der Waals surface area contributed by atoms with Gasteiger partial charge < -0.3 is 10.2 Å². The molecule has 0 fully saturated rings. The van der Waals surface area contributed by atoms with Gasteiger partial charge in [-0.15, -0.1) is 0 Å². The Kier molecular flexibility index (Phi) is 5.89. The first-order chi connectivity index (χ1) is 10.7. The predicted octanol–water partition coefficient (Wildman–Crippen LogP) is 2.99. The number of rotatable bonds is 6. The first-order valence-electron chi connectivity index (χ1n) is 7.35. The molecular formula is C17H20FN3O. The molecule has 1 N–H and O–H groups in total. The van der Waals surface area contributed by atoms with Gasteiger partial charge in [-0.05, 0) is 48.7 Å². The number of carbonyl (C=O) groups excluding carboxylic acids is 1. The van der Waals surface area contributed by atoms with Crippen LogP contribution in [0, 0.1) is 5.82 Å². The van der Waals surface area contributed by atoms with Crippen LogP contribution in [-0.4, -0.2) is 29.0 Å². The SMILES string of the molecule is CCN(CCc1ccncc1)C(=O)NCc1ccc(F)cc1. The lowest BCUT2D eigenvalue weighted by Crippen LogP contribution is -2.40. The minimum absolute atomic E-state index is 0.110. The van der Waals surface area contributed by atoms with E-state index >= 15 is 0 Å². The van der Waals surface area contributed by atoms with Gasteiger partial charge in [-0.3, -0.25) is 4.98 Å². The van der Waals surface area contributed by atoms with Crippen molar-refractivity contribution in [3.63, 3.8) is 0 Å². The lowest BCUT2D eigenvalue weighted by atomic mass is 10.2. The molecule has 0 atom stereocenters. The fourth-order valence-electron chi connectivity index (χ4n) is 2.11. The second kappa shape index (κ2) is 8.12. The van der Waals surface area contributed by atoms with Gasteiger partial charge in [-0.25, -0.2) is 9.18 Å². The zero-order chi connectivity index (χ0) is 15.8. The molecule has 0 spiro atoms. The van der Waals surface area contributed by atoms with E-state index in [4.69, 9.17) is 0 Å². The molecule has 0 unspecified atom stereocenters. The molecule has 116 valence electrons. The average molecular weight is 301 g/mol. The smallest absolute Gasteiger partial charge is 0.317 e. The Morgan fingerprint density at radius 3 is 2.45 bits per heavy atom. The molecule has 1 aromatic heterocycles. The summed E-state index contributed by atoms with van der Waals surface area (Å²) in [7, 11) is 0. The zero-order valence-electron chi connectivity index (χ0n) is 12.6. The summed E-state index contributed by atoms with van der Waals surface area (Å²) >= 11 is 0. The number of nitrogens with zero attached hydrogens (tertiary/aromatic N) is 2. The van der Waals surface area contributed by atoms with E-state index in [2.05, 4.69) is 10.3 Å². The Bertz CT molecular complexity index is 587. The van der Waals surface area contributed by atoms with Gasteiger partial charge in [0.05, 0.1) is 0 Å². The average Bonchev–Trinajstić information content (AvgIpc) is 2.56. The fraction of sp³-hybridized carbons (Fsp3) is 0.294. The molecule has 5 heteroatoms. The first-order valence-corrected chi connectivity index (χ1v) is 7.35. The van der Waals surface area contributed by atoms with Crippen LogP contribution in [0.2, 0.25) is 0 Å². The van der Waals surface area contributed by atoms with Gasteiger partial charge in [-0.2, -0.15) is 0 Å². The highest BCUT2D eigenvalue weighted by Crippen LogP contribution is 2.04. The maximum atomic E-state index is 12.8. The molecule has 0 saturated carbocycles. The van der Waals surface area contributed by atoms with Crippen molar-refractivity contribution in [3.8, 4) is 0 Å². The van der Waals surface area contributed by atoms with Crippen molar-refractivity contribution >= 4 is 6.03 Å². The number of likely N-dealkylation sites (N-methyl/N-ethyl adjacent to an activating group) is 1. The maximum Gasteiger partial charge on any atom is 0.317 e. The third-order valence-electron chi connectivity index (χ3n) is 3.45. The van der Waals surface area contributed by atoms with Crippen LogP contribution in [0.25, 0.3) is 0 Å². The quantitative estimate of drug-likeness (QED) is 0.891. The second-order valence-electron chi connectivity index (χ2n) is 4.97. The fourth-order valence-corrected chi connectivity index (χ4v) is 2.11. The molecule has 2 amide bonds. The normalized spacial score (nSPS) is 10.3. The van der Waals surface area contributed by atoms with Crippen LogP contribution in [0.4, 0.5) is 9.18 Å². The van der Waals surface area contributed by atoms with Crippen molar-refractivity contribution in [1.29, 1.82) is 0 Å². The summed E-state index contributed by atoms with van der Waals surface area (Å²) in [5.41, 5.74) is 2.03. The van der Waals surface area contributed by atoms with E-state index in [9.17, 15) is 9.18 Å². The molecular weight excluding hydrogens is 281 g/mol. The van der Waals surface area contributed by atoms with Gasteiger partial charge in [0.25, 0.3) is 0 Å². The summed E-state index contributed by atoms with van der Waals surface area (Å²) in [4.78, 5) is 17.9.